The van der Waals surface area contributed by atoms with Crippen LogP contribution >= 0.6 is 28.3 Å². The van der Waals surface area contributed by atoms with Gasteiger partial charge in [-0.2, -0.15) is 0 Å². The highest BCUT2D eigenvalue weighted by molar-refractivity contribution is 9.10. The topological polar surface area (TPSA) is 69.2 Å². The molecule has 0 fully saturated rings. The van der Waals surface area contributed by atoms with E-state index in [1.807, 2.05) is 26.8 Å². The van der Waals surface area contributed by atoms with Crippen molar-refractivity contribution in [3.63, 3.8) is 0 Å². The molecule has 0 aromatic heterocycles. The van der Waals surface area contributed by atoms with Crippen LogP contribution in [-0.4, -0.2) is 4.92 Å². The Bertz CT molecular complexity index is 418. The number of rotatable bonds is 2. The number of nitro benzene ring substituents is 1. The summed E-state index contributed by atoms with van der Waals surface area (Å²) in [5, 5.41) is 10.8. The Hall–Kier alpha value is -0.650. The normalized spacial score (nSPS) is 12.8. The summed E-state index contributed by atoms with van der Waals surface area (Å²) in [6, 6.07) is 4.78. The van der Waals surface area contributed by atoms with Crippen LogP contribution < -0.4 is 5.73 Å². The maximum Gasteiger partial charge on any atom is 0.283 e. The molecule has 0 amide bonds. The van der Waals surface area contributed by atoms with E-state index in [1.165, 1.54) is 6.07 Å². The fourth-order valence-electron chi connectivity index (χ4n) is 1.36. The number of benzene rings is 1. The van der Waals surface area contributed by atoms with Crippen LogP contribution in [0.2, 0.25) is 0 Å². The molecule has 0 saturated carbocycles. The lowest BCUT2D eigenvalue weighted by Crippen LogP contribution is -2.26. The highest BCUT2D eigenvalue weighted by Gasteiger charge is 2.24. The third-order valence-corrected chi connectivity index (χ3v) is 3.13. The molecule has 0 aliphatic carbocycles. The Morgan fingerprint density at radius 1 is 1.41 bits per heavy atom. The molecule has 1 atom stereocenters. The van der Waals surface area contributed by atoms with E-state index in [-0.39, 0.29) is 29.6 Å². The van der Waals surface area contributed by atoms with E-state index in [1.54, 1.807) is 6.07 Å². The second-order valence-corrected chi connectivity index (χ2v) is 5.67. The van der Waals surface area contributed by atoms with Gasteiger partial charge in [-0.25, -0.2) is 0 Å². The van der Waals surface area contributed by atoms with Crippen molar-refractivity contribution in [3.8, 4) is 0 Å². The van der Waals surface area contributed by atoms with Crippen LogP contribution in [0.4, 0.5) is 5.69 Å². The molecule has 0 unspecified atom stereocenters. The summed E-state index contributed by atoms with van der Waals surface area (Å²) in [6.07, 6.45) is 0. The smallest absolute Gasteiger partial charge is 0.283 e. The average Bonchev–Trinajstić information content (AvgIpc) is 2.15. The minimum absolute atomic E-state index is 0. The number of hydrogen-bond acceptors (Lipinski definition) is 3. The van der Waals surface area contributed by atoms with Gasteiger partial charge in [0.25, 0.3) is 5.69 Å². The second-order valence-electron chi connectivity index (χ2n) is 4.81. The third-order valence-electron chi connectivity index (χ3n) is 2.46. The van der Waals surface area contributed by atoms with E-state index >= 15 is 0 Å². The van der Waals surface area contributed by atoms with Crippen LogP contribution in [-0.2, 0) is 0 Å². The van der Waals surface area contributed by atoms with Gasteiger partial charge in [0.15, 0.2) is 0 Å². The van der Waals surface area contributed by atoms with Gasteiger partial charge < -0.3 is 5.73 Å². The predicted molar refractivity (Wildman–Crippen MR) is 74.4 cm³/mol. The largest absolute Gasteiger partial charge is 0.324 e. The molecule has 96 valence electrons. The summed E-state index contributed by atoms with van der Waals surface area (Å²) in [4.78, 5) is 10.4. The van der Waals surface area contributed by atoms with Gasteiger partial charge in [0.05, 0.1) is 9.40 Å². The van der Waals surface area contributed by atoms with Crippen molar-refractivity contribution in [1.29, 1.82) is 0 Å². The minimum Gasteiger partial charge on any atom is -0.324 e. The van der Waals surface area contributed by atoms with E-state index in [0.29, 0.717) is 4.47 Å². The first-order chi connectivity index (χ1) is 7.23. The van der Waals surface area contributed by atoms with Crippen LogP contribution in [0, 0.1) is 15.5 Å². The number of hydrogen-bond donors (Lipinski definition) is 1. The molecule has 0 aliphatic rings. The molecule has 0 aliphatic heterocycles. The Labute approximate surface area is 115 Å². The molecule has 2 N–H and O–H groups in total. The summed E-state index contributed by atoms with van der Waals surface area (Å²) in [5.41, 5.74) is 6.76. The van der Waals surface area contributed by atoms with Crippen LogP contribution in [0.15, 0.2) is 22.7 Å². The van der Waals surface area contributed by atoms with Gasteiger partial charge in [-0.1, -0.05) is 26.8 Å². The summed E-state index contributed by atoms with van der Waals surface area (Å²) in [7, 11) is 0. The number of nitrogens with two attached hydrogens (primary N) is 1. The van der Waals surface area contributed by atoms with Gasteiger partial charge in [0.2, 0.25) is 0 Å². The first-order valence-electron chi connectivity index (χ1n) is 4.93. The van der Waals surface area contributed by atoms with Crippen molar-refractivity contribution in [3.05, 3.63) is 38.3 Å². The van der Waals surface area contributed by atoms with E-state index < -0.39 is 4.92 Å². The summed E-state index contributed by atoms with van der Waals surface area (Å²) in [6.45, 7) is 6.02. The maximum absolute atomic E-state index is 10.8. The van der Waals surface area contributed by atoms with Crippen molar-refractivity contribution in [2.75, 3.05) is 0 Å². The van der Waals surface area contributed by atoms with Gasteiger partial charge in [0.1, 0.15) is 0 Å². The fourth-order valence-corrected chi connectivity index (χ4v) is 1.75. The summed E-state index contributed by atoms with van der Waals surface area (Å²) >= 11 is 3.15. The third kappa shape index (κ3) is 3.94. The molecular weight excluding hydrogens is 307 g/mol. The molecule has 0 saturated heterocycles. The van der Waals surface area contributed by atoms with Crippen molar-refractivity contribution in [2.45, 2.75) is 26.8 Å². The number of halogens is 2. The maximum atomic E-state index is 10.8. The minimum atomic E-state index is -0.414. The summed E-state index contributed by atoms with van der Waals surface area (Å²) in [5.74, 6) is 0. The zero-order chi connectivity index (χ0) is 12.5. The Kier molecular flexibility index (Phi) is 5.58. The van der Waals surface area contributed by atoms with Crippen LogP contribution in [0.5, 0.6) is 0 Å². The quantitative estimate of drug-likeness (QED) is 0.664. The van der Waals surface area contributed by atoms with Crippen molar-refractivity contribution < 1.29 is 4.92 Å². The average molecular weight is 324 g/mol. The van der Waals surface area contributed by atoms with Crippen molar-refractivity contribution >= 4 is 34.0 Å². The molecule has 0 radical (unpaired) electrons. The van der Waals surface area contributed by atoms with E-state index in [0.717, 1.165) is 5.56 Å². The zero-order valence-corrected chi connectivity index (χ0v) is 12.3. The van der Waals surface area contributed by atoms with E-state index in [2.05, 4.69) is 15.9 Å². The molecule has 6 heteroatoms. The lowest BCUT2D eigenvalue weighted by molar-refractivity contribution is -0.385. The standard InChI is InChI=1S/C11H15BrN2O2.ClH/c1-11(2,3)10(13)7-4-5-8(12)9(6-7)14(15)16;/h4-6,10H,13H2,1-3H3;1H/t10-;/m0./s1. The van der Waals surface area contributed by atoms with Gasteiger partial charge in [-0.3, -0.25) is 10.1 Å². The Morgan fingerprint density at radius 3 is 2.35 bits per heavy atom. The number of nitrogens with zero attached hydrogens (tertiary/aromatic N) is 1. The molecule has 0 heterocycles. The first-order valence-corrected chi connectivity index (χ1v) is 5.72. The Balaban J connectivity index is 0.00000256. The molecule has 1 rings (SSSR count). The highest BCUT2D eigenvalue weighted by Crippen LogP contribution is 2.34. The molecule has 17 heavy (non-hydrogen) atoms. The lowest BCUT2D eigenvalue weighted by Gasteiger charge is -2.27. The molecule has 1 aromatic rings. The lowest BCUT2D eigenvalue weighted by atomic mass is 9.83. The van der Waals surface area contributed by atoms with E-state index in [4.69, 9.17) is 5.73 Å². The van der Waals surface area contributed by atoms with Crippen molar-refractivity contribution in [2.24, 2.45) is 11.1 Å². The molecule has 4 nitrogen and oxygen atoms in total. The molecule has 0 bridgehead atoms. The molecule has 1 aromatic carbocycles. The first kappa shape index (κ1) is 16.4. The SMILES string of the molecule is CC(C)(C)[C@@H](N)c1ccc(Br)c([N+](=O)[O-])c1.Cl. The molecule has 0 spiro atoms. The van der Waals surface area contributed by atoms with Gasteiger partial charge in [0, 0.05) is 12.1 Å². The van der Waals surface area contributed by atoms with Gasteiger partial charge >= 0.3 is 0 Å². The zero-order valence-electron chi connectivity index (χ0n) is 9.94. The number of nitro groups is 1. The predicted octanol–water partition coefficient (Wildman–Crippen LogP) is 3.83. The second kappa shape index (κ2) is 5.80. The van der Waals surface area contributed by atoms with Gasteiger partial charge in [-0.15, -0.1) is 12.4 Å². The molecular formula is C11H16BrClN2O2. The van der Waals surface area contributed by atoms with Crippen molar-refractivity contribution in [1.82, 2.24) is 0 Å². The monoisotopic (exact) mass is 322 g/mol. The van der Waals surface area contributed by atoms with Crippen LogP contribution in [0.3, 0.4) is 0 Å². The van der Waals surface area contributed by atoms with Crippen LogP contribution in [0.1, 0.15) is 32.4 Å². The summed E-state index contributed by atoms with van der Waals surface area (Å²) < 4.78 is 0.474. The fraction of sp³-hybridized carbons (Fsp3) is 0.455. The van der Waals surface area contributed by atoms with E-state index in [9.17, 15) is 10.1 Å². The highest BCUT2D eigenvalue weighted by atomic mass is 79.9. The Morgan fingerprint density at radius 2 is 1.94 bits per heavy atom. The van der Waals surface area contributed by atoms with Crippen LogP contribution in [0.25, 0.3) is 0 Å². The van der Waals surface area contributed by atoms with Gasteiger partial charge in [-0.05, 0) is 33.0 Å².